The van der Waals surface area contributed by atoms with Gasteiger partial charge < -0.3 is 5.32 Å². The fourth-order valence-electron chi connectivity index (χ4n) is 2.87. The molecule has 0 aliphatic carbocycles. The molecule has 1 N–H and O–H groups in total. The van der Waals surface area contributed by atoms with E-state index in [0.29, 0.717) is 6.54 Å². The number of carbonyl (C=O) groups excluding carboxylic acids is 1. The van der Waals surface area contributed by atoms with E-state index in [1.165, 1.54) is 29.9 Å². The predicted octanol–water partition coefficient (Wildman–Crippen LogP) is 3.88. The molecule has 1 fully saturated rings. The number of hydrogen-bond acceptors (Lipinski definition) is 3. The predicted molar refractivity (Wildman–Crippen MR) is 93.8 cm³/mol. The van der Waals surface area contributed by atoms with Crippen LogP contribution in [0.4, 0.5) is 4.39 Å². The molecule has 2 aromatic rings. The lowest BCUT2D eigenvalue weighted by molar-refractivity contribution is 0.0934. The van der Waals surface area contributed by atoms with E-state index in [4.69, 9.17) is 0 Å². The van der Waals surface area contributed by atoms with Crippen molar-refractivity contribution in [1.82, 2.24) is 10.2 Å². The van der Waals surface area contributed by atoms with Crippen LogP contribution in [0.5, 0.6) is 0 Å². The van der Waals surface area contributed by atoms with Gasteiger partial charge in [0.2, 0.25) is 0 Å². The first-order chi connectivity index (χ1) is 10.8. The number of likely N-dealkylation sites (tertiary alicyclic amines) is 1. The number of carbonyl (C=O) groups is 1. The number of rotatable bonds is 5. The van der Waals surface area contributed by atoms with Crippen molar-refractivity contribution in [2.45, 2.75) is 18.9 Å². The van der Waals surface area contributed by atoms with Crippen LogP contribution in [0.3, 0.4) is 0 Å². The van der Waals surface area contributed by atoms with Crippen LogP contribution in [0.15, 0.2) is 41.8 Å². The van der Waals surface area contributed by atoms with Gasteiger partial charge in [0.05, 0.1) is 11.6 Å². The highest BCUT2D eigenvalue weighted by Gasteiger charge is 2.25. The Bertz CT molecular complexity index is 629. The molecule has 3 nitrogen and oxygen atoms in total. The van der Waals surface area contributed by atoms with Gasteiger partial charge in [0.1, 0.15) is 5.82 Å². The van der Waals surface area contributed by atoms with E-state index in [-0.39, 0.29) is 29.9 Å². The smallest absolute Gasteiger partial charge is 0.254 e. The van der Waals surface area contributed by atoms with E-state index in [1.807, 2.05) is 6.07 Å². The molecule has 1 aromatic carbocycles. The first-order valence-corrected chi connectivity index (χ1v) is 8.44. The first-order valence-electron chi connectivity index (χ1n) is 7.56. The summed E-state index contributed by atoms with van der Waals surface area (Å²) in [7, 11) is 0. The minimum atomic E-state index is -0.478. The van der Waals surface area contributed by atoms with Crippen molar-refractivity contribution in [3.8, 4) is 0 Å². The standard InChI is InChI=1S/C17H19FN2OS.ClH/c18-14-7-2-1-6-13(14)17(21)19-12-15(16-8-5-11-22-16)20-9-3-4-10-20;/h1-2,5-8,11,15H,3-4,9-10,12H2,(H,19,21);1H. The number of thiophene rings is 1. The molecule has 0 spiro atoms. The topological polar surface area (TPSA) is 32.3 Å². The second-order valence-electron chi connectivity index (χ2n) is 5.46. The third-order valence-electron chi connectivity index (χ3n) is 4.03. The fourth-order valence-corrected chi connectivity index (χ4v) is 3.73. The van der Waals surface area contributed by atoms with Crippen LogP contribution >= 0.6 is 23.7 Å². The van der Waals surface area contributed by atoms with Gasteiger partial charge in [0.15, 0.2) is 0 Å². The Kier molecular flexibility index (Phi) is 6.57. The van der Waals surface area contributed by atoms with Gasteiger partial charge in [-0.05, 0) is 49.5 Å². The second-order valence-corrected chi connectivity index (χ2v) is 6.44. The zero-order chi connectivity index (χ0) is 15.4. The molecule has 1 aliphatic rings. The molecular weight excluding hydrogens is 335 g/mol. The highest BCUT2D eigenvalue weighted by molar-refractivity contribution is 7.10. The van der Waals surface area contributed by atoms with E-state index >= 15 is 0 Å². The molecule has 1 saturated heterocycles. The summed E-state index contributed by atoms with van der Waals surface area (Å²) < 4.78 is 13.7. The van der Waals surface area contributed by atoms with Crippen LogP contribution < -0.4 is 5.32 Å². The van der Waals surface area contributed by atoms with Crippen LogP contribution in [-0.2, 0) is 0 Å². The molecule has 1 atom stereocenters. The lowest BCUT2D eigenvalue weighted by Gasteiger charge is -2.27. The van der Waals surface area contributed by atoms with Gasteiger partial charge in [-0.25, -0.2) is 4.39 Å². The molecule has 0 radical (unpaired) electrons. The molecule has 0 bridgehead atoms. The van der Waals surface area contributed by atoms with Crippen molar-refractivity contribution < 1.29 is 9.18 Å². The monoisotopic (exact) mass is 354 g/mol. The van der Waals surface area contributed by atoms with Crippen molar-refractivity contribution in [3.63, 3.8) is 0 Å². The molecule has 23 heavy (non-hydrogen) atoms. The van der Waals surface area contributed by atoms with Gasteiger partial charge in [-0.15, -0.1) is 23.7 Å². The van der Waals surface area contributed by atoms with Gasteiger partial charge >= 0.3 is 0 Å². The van der Waals surface area contributed by atoms with Crippen molar-refractivity contribution in [1.29, 1.82) is 0 Å². The Morgan fingerprint density at radius 3 is 2.61 bits per heavy atom. The lowest BCUT2D eigenvalue weighted by atomic mass is 10.1. The van der Waals surface area contributed by atoms with Gasteiger partial charge in [0, 0.05) is 11.4 Å². The van der Waals surface area contributed by atoms with Crippen LogP contribution in [-0.4, -0.2) is 30.4 Å². The molecule has 124 valence electrons. The summed E-state index contributed by atoms with van der Waals surface area (Å²) >= 11 is 1.70. The average molecular weight is 355 g/mol. The van der Waals surface area contributed by atoms with Crippen LogP contribution in [0.1, 0.15) is 34.1 Å². The number of nitrogens with one attached hydrogen (secondary N) is 1. The summed E-state index contributed by atoms with van der Waals surface area (Å²) in [5, 5.41) is 4.94. The maximum atomic E-state index is 13.7. The molecule has 0 saturated carbocycles. The average Bonchev–Trinajstić information content (AvgIpc) is 3.21. The fraction of sp³-hybridized carbons (Fsp3) is 0.353. The minimum Gasteiger partial charge on any atom is -0.350 e. The van der Waals surface area contributed by atoms with Crippen molar-refractivity contribution in [3.05, 3.63) is 58.0 Å². The zero-order valence-corrected chi connectivity index (χ0v) is 14.3. The number of benzene rings is 1. The Balaban J connectivity index is 0.00000192. The van der Waals surface area contributed by atoms with Gasteiger partial charge in [-0.3, -0.25) is 9.69 Å². The summed E-state index contributed by atoms with van der Waals surface area (Å²) in [5.74, 6) is -0.826. The zero-order valence-electron chi connectivity index (χ0n) is 12.7. The summed E-state index contributed by atoms with van der Waals surface area (Å²) in [5.41, 5.74) is 0.105. The highest BCUT2D eigenvalue weighted by atomic mass is 35.5. The lowest BCUT2D eigenvalue weighted by Crippen LogP contribution is -2.36. The van der Waals surface area contributed by atoms with Gasteiger partial charge in [-0.2, -0.15) is 0 Å². The quantitative estimate of drug-likeness (QED) is 0.883. The second kappa shape index (κ2) is 8.43. The number of halogens is 2. The van der Waals surface area contributed by atoms with E-state index in [1.54, 1.807) is 23.5 Å². The van der Waals surface area contributed by atoms with E-state index in [2.05, 4.69) is 21.7 Å². The van der Waals surface area contributed by atoms with Crippen LogP contribution in [0.2, 0.25) is 0 Å². The minimum absolute atomic E-state index is 0. The van der Waals surface area contributed by atoms with E-state index in [0.717, 1.165) is 13.1 Å². The first kappa shape index (κ1) is 17.9. The molecule has 6 heteroatoms. The van der Waals surface area contributed by atoms with Crippen LogP contribution in [0.25, 0.3) is 0 Å². The summed E-state index contributed by atoms with van der Waals surface area (Å²) in [6, 6.07) is 10.4. The number of nitrogens with zero attached hydrogens (tertiary/aromatic N) is 1. The maximum Gasteiger partial charge on any atom is 0.254 e. The van der Waals surface area contributed by atoms with Gasteiger partial charge in [0.25, 0.3) is 5.91 Å². The molecule has 1 aromatic heterocycles. The third-order valence-corrected chi connectivity index (χ3v) is 5.00. The molecular formula is C17H20ClFN2OS. The molecule has 3 rings (SSSR count). The van der Waals surface area contributed by atoms with E-state index in [9.17, 15) is 9.18 Å². The number of amides is 1. The van der Waals surface area contributed by atoms with Crippen molar-refractivity contribution >= 4 is 29.7 Å². The van der Waals surface area contributed by atoms with Crippen molar-refractivity contribution in [2.24, 2.45) is 0 Å². The molecule has 1 amide bonds. The Morgan fingerprint density at radius 1 is 1.22 bits per heavy atom. The summed E-state index contributed by atoms with van der Waals surface area (Å²) in [6.07, 6.45) is 2.40. The molecule has 2 heterocycles. The summed E-state index contributed by atoms with van der Waals surface area (Å²) in [4.78, 5) is 15.8. The number of hydrogen-bond donors (Lipinski definition) is 1. The Labute approximate surface area is 145 Å². The molecule has 1 unspecified atom stereocenters. The van der Waals surface area contributed by atoms with Gasteiger partial charge in [-0.1, -0.05) is 18.2 Å². The third kappa shape index (κ3) is 4.31. The SMILES string of the molecule is Cl.O=C(NCC(c1cccs1)N1CCCC1)c1ccccc1F. The Hall–Kier alpha value is -1.43. The highest BCUT2D eigenvalue weighted by Crippen LogP contribution is 2.27. The van der Waals surface area contributed by atoms with Crippen LogP contribution in [0, 0.1) is 5.82 Å². The van der Waals surface area contributed by atoms with E-state index < -0.39 is 5.82 Å². The normalized spacial score (nSPS) is 15.9. The largest absolute Gasteiger partial charge is 0.350 e. The summed E-state index contributed by atoms with van der Waals surface area (Å²) in [6.45, 7) is 2.62. The Morgan fingerprint density at radius 2 is 1.96 bits per heavy atom. The van der Waals surface area contributed by atoms with Crippen molar-refractivity contribution in [2.75, 3.05) is 19.6 Å². The molecule has 1 aliphatic heterocycles. The maximum absolute atomic E-state index is 13.7.